The summed E-state index contributed by atoms with van der Waals surface area (Å²) in [6.45, 7) is 2.14. The first-order valence-electron chi connectivity index (χ1n) is 7.57. The lowest BCUT2D eigenvalue weighted by molar-refractivity contribution is 0.216. The van der Waals surface area contributed by atoms with Crippen molar-refractivity contribution < 1.29 is 14.6 Å². The molecule has 0 radical (unpaired) electrons. The van der Waals surface area contributed by atoms with E-state index in [4.69, 9.17) is 16.3 Å². The van der Waals surface area contributed by atoms with Gasteiger partial charge in [-0.1, -0.05) is 35.9 Å². The highest BCUT2D eigenvalue weighted by atomic mass is 35.5. The summed E-state index contributed by atoms with van der Waals surface area (Å²) in [5, 5.41) is 15.6. The van der Waals surface area contributed by atoms with Crippen molar-refractivity contribution in [2.45, 2.75) is 19.5 Å². The summed E-state index contributed by atoms with van der Waals surface area (Å²) in [4.78, 5) is 12.0. The van der Waals surface area contributed by atoms with E-state index in [1.54, 1.807) is 31.4 Å². The van der Waals surface area contributed by atoms with E-state index in [0.29, 0.717) is 11.6 Å². The summed E-state index contributed by atoms with van der Waals surface area (Å²) in [6, 6.07) is 11.9. The third kappa shape index (κ3) is 4.88. The Morgan fingerprint density at radius 3 is 2.54 bits per heavy atom. The number of rotatable bonds is 6. The van der Waals surface area contributed by atoms with Crippen molar-refractivity contribution >= 4 is 17.6 Å². The van der Waals surface area contributed by atoms with Gasteiger partial charge in [-0.3, -0.25) is 0 Å². The van der Waals surface area contributed by atoms with E-state index in [1.165, 1.54) is 0 Å². The second kappa shape index (κ2) is 8.57. The highest BCUT2D eigenvalue weighted by molar-refractivity contribution is 6.30. The zero-order valence-corrected chi connectivity index (χ0v) is 14.4. The van der Waals surface area contributed by atoms with Crippen molar-refractivity contribution in [1.82, 2.24) is 10.6 Å². The van der Waals surface area contributed by atoms with Gasteiger partial charge in [0.1, 0.15) is 5.75 Å². The Balaban J connectivity index is 1.92. The zero-order chi connectivity index (χ0) is 17.5. The molecule has 0 aliphatic rings. The molecule has 2 amide bonds. The predicted octanol–water partition coefficient (Wildman–Crippen LogP) is 3.19. The molecule has 3 N–H and O–H groups in total. The number of hydrogen-bond donors (Lipinski definition) is 3. The van der Waals surface area contributed by atoms with E-state index in [0.717, 1.165) is 22.4 Å². The molecule has 1 atom stereocenters. The van der Waals surface area contributed by atoms with Gasteiger partial charge in [0.2, 0.25) is 0 Å². The van der Waals surface area contributed by atoms with Gasteiger partial charge in [-0.05, 0) is 41.8 Å². The molecule has 0 aromatic heterocycles. The Morgan fingerprint density at radius 1 is 1.25 bits per heavy atom. The van der Waals surface area contributed by atoms with Crippen molar-refractivity contribution in [2.75, 3.05) is 13.7 Å². The lowest BCUT2D eigenvalue weighted by atomic mass is 10.1. The Labute approximate surface area is 146 Å². The molecule has 0 aliphatic heterocycles. The van der Waals surface area contributed by atoms with Crippen molar-refractivity contribution in [3.8, 4) is 5.75 Å². The number of hydrogen-bond acceptors (Lipinski definition) is 3. The molecule has 0 bridgehead atoms. The van der Waals surface area contributed by atoms with E-state index >= 15 is 0 Å². The summed E-state index contributed by atoms with van der Waals surface area (Å²) < 4.78 is 5.21. The predicted molar refractivity (Wildman–Crippen MR) is 94.4 cm³/mol. The van der Waals surface area contributed by atoms with Gasteiger partial charge in [-0.15, -0.1) is 0 Å². The topological polar surface area (TPSA) is 70.6 Å². The normalized spacial score (nSPS) is 11.7. The van der Waals surface area contributed by atoms with Crippen molar-refractivity contribution in [3.63, 3.8) is 0 Å². The number of urea groups is 1. The van der Waals surface area contributed by atoms with Crippen LogP contribution in [0.4, 0.5) is 4.79 Å². The van der Waals surface area contributed by atoms with Gasteiger partial charge < -0.3 is 20.5 Å². The summed E-state index contributed by atoms with van der Waals surface area (Å²) in [6.07, 6.45) is 0. The van der Waals surface area contributed by atoms with Crippen LogP contribution < -0.4 is 15.4 Å². The molecule has 128 valence electrons. The minimum atomic E-state index is -0.486. The van der Waals surface area contributed by atoms with Crippen LogP contribution in [0, 0.1) is 6.92 Å². The van der Waals surface area contributed by atoms with Gasteiger partial charge in [0.25, 0.3) is 0 Å². The molecule has 0 aliphatic carbocycles. The molecule has 0 spiro atoms. The quantitative estimate of drug-likeness (QED) is 0.750. The van der Waals surface area contributed by atoms with Crippen LogP contribution in [0.15, 0.2) is 42.5 Å². The van der Waals surface area contributed by atoms with E-state index in [1.807, 2.05) is 25.1 Å². The second-order valence-electron chi connectivity index (χ2n) is 5.42. The fourth-order valence-corrected chi connectivity index (χ4v) is 2.50. The number of ether oxygens (including phenoxy) is 1. The van der Waals surface area contributed by atoms with Gasteiger partial charge in [0, 0.05) is 11.6 Å². The standard InChI is InChI=1S/C18H21ClN2O3/c1-12-9-13(3-8-17(12)24-2)10-20-18(23)21-16(11-22)14-4-6-15(19)7-5-14/h3-9,16,22H,10-11H2,1-2H3,(H2,20,21,23). The average molecular weight is 349 g/mol. The molecule has 2 rings (SSSR count). The molecule has 6 heteroatoms. The largest absolute Gasteiger partial charge is 0.496 e. The van der Waals surface area contributed by atoms with Crippen LogP contribution in [-0.2, 0) is 6.54 Å². The molecular weight excluding hydrogens is 328 g/mol. The van der Waals surface area contributed by atoms with Crippen LogP contribution in [0.25, 0.3) is 0 Å². The molecular formula is C18H21ClN2O3. The number of aliphatic hydroxyl groups excluding tert-OH is 1. The number of aryl methyl sites for hydroxylation is 1. The van der Waals surface area contributed by atoms with Gasteiger partial charge in [-0.2, -0.15) is 0 Å². The number of nitrogens with one attached hydrogen (secondary N) is 2. The van der Waals surface area contributed by atoms with Gasteiger partial charge in [0.05, 0.1) is 19.8 Å². The Bertz CT molecular complexity index is 689. The fraction of sp³-hybridized carbons (Fsp3) is 0.278. The molecule has 2 aromatic carbocycles. The van der Waals surface area contributed by atoms with Crippen LogP contribution in [0.3, 0.4) is 0 Å². The minimum absolute atomic E-state index is 0.198. The maximum Gasteiger partial charge on any atom is 0.315 e. The van der Waals surface area contributed by atoms with E-state index in [2.05, 4.69) is 10.6 Å². The Hall–Kier alpha value is -2.24. The van der Waals surface area contributed by atoms with E-state index < -0.39 is 6.04 Å². The molecule has 0 fully saturated rings. The molecule has 5 nitrogen and oxygen atoms in total. The van der Waals surface area contributed by atoms with Crippen molar-refractivity contribution in [2.24, 2.45) is 0 Å². The molecule has 24 heavy (non-hydrogen) atoms. The maximum atomic E-state index is 12.0. The molecule has 0 saturated heterocycles. The van der Waals surface area contributed by atoms with Crippen LogP contribution in [-0.4, -0.2) is 24.9 Å². The SMILES string of the molecule is COc1ccc(CNC(=O)NC(CO)c2ccc(Cl)cc2)cc1C. The number of methoxy groups -OCH3 is 1. The molecule has 1 unspecified atom stereocenters. The summed E-state index contributed by atoms with van der Waals surface area (Å²) in [7, 11) is 1.62. The third-order valence-electron chi connectivity index (χ3n) is 3.67. The lowest BCUT2D eigenvalue weighted by Gasteiger charge is -2.17. The van der Waals surface area contributed by atoms with Crippen LogP contribution in [0.2, 0.25) is 5.02 Å². The summed E-state index contributed by atoms with van der Waals surface area (Å²) in [5.74, 6) is 0.811. The first-order chi connectivity index (χ1) is 11.5. The fourth-order valence-electron chi connectivity index (χ4n) is 2.37. The molecule has 2 aromatic rings. The highest BCUT2D eigenvalue weighted by Gasteiger charge is 2.13. The van der Waals surface area contributed by atoms with Gasteiger partial charge in [0.15, 0.2) is 0 Å². The monoisotopic (exact) mass is 348 g/mol. The summed E-state index contributed by atoms with van der Waals surface area (Å²) >= 11 is 5.85. The Kier molecular flexibility index (Phi) is 6.46. The minimum Gasteiger partial charge on any atom is -0.496 e. The zero-order valence-electron chi connectivity index (χ0n) is 13.7. The van der Waals surface area contributed by atoms with Crippen LogP contribution in [0.1, 0.15) is 22.7 Å². The average Bonchev–Trinajstić information content (AvgIpc) is 2.59. The summed E-state index contributed by atoms with van der Waals surface area (Å²) in [5.41, 5.74) is 2.76. The first-order valence-corrected chi connectivity index (χ1v) is 7.95. The van der Waals surface area contributed by atoms with Gasteiger partial charge in [-0.25, -0.2) is 4.79 Å². The Morgan fingerprint density at radius 2 is 1.96 bits per heavy atom. The van der Waals surface area contributed by atoms with Crippen LogP contribution >= 0.6 is 11.6 Å². The lowest BCUT2D eigenvalue weighted by Crippen LogP contribution is -2.38. The molecule has 0 saturated carbocycles. The number of carbonyl (C=O) groups excluding carboxylic acids is 1. The van der Waals surface area contributed by atoms with Crippen molar-refractivity contribution in [3.05, 3.63) is 64.2 Å². The third-order valence-corrected chi connectivity index (χ3v) is 3.92. The molecule has 0 heterocycles. The van der Waals surface area contributed by atoms with E-state index in [9.17, 15) is 9.90 Å². The van der Waals surface area contributed by atoms with Gasteiger partial charge >= 0.3 is 6.03 Å². The number of benzene rings is 2. The second-order valence-corrected chi connectivity index (χ2v) is 5.85. The highest BCUT2D eigenvalue weighted by Crippen LogP contribution is 2.18. The van der Waals surface area contributed by atoms with E-state index in [-0.39, 0.29) is 12.6 Å². The number of aliphatic hydroxyl groups is 1. The van der Waals surface area contributed by atoms with Crippen molar-refractivity contribution in [1.29, 1.82) is 0 Å². The number of halogens is 1. The number of amides is 2. The van der Waals surface area contributed by atoms with Crippen LogP contribution in [0.5, 0.6) is 5.75 Å². The maximum absolute atomic E-state index is 12.0. The number of carbonyl (C=O) groups is 1. The smallest absolute Gasteiger partial charge is 0.315 e. The first kappa shape index (κ1) is 18.1.